The number of carboxylic acids is 1. The van der Waals surface area contributed by atoms with Crippen LogP contribution in [-0.2, 0) is 14.3 Å². The molecular formula is C36H56O4. The minimum absolute atomic E-state index is 0.147. The number of carbonyl (C=O) groups is 2. The van der Waals surface area contributed by atoms with Gasteiger partial charge in [-0.15, -0.1) is 0 Å². The maximum absolute atomic E-state index is 12.5. The third-order valence-electron chi connectivity index (χ3n) is 6.11. The van der Waals surface area contributed by atoms with Crippen LogP contribution < -0.4 is 0 Å². The Morgan fingerprint density at radius 2 is 1.02 bits per heavy atom. The van der Waals surface area contributed by atoms with E-state index >= 15 is 0 Å². The number of carboxylic acid groups (broad SMARTS) is 1. The van der Waals surface area contributed by atoms with Crippen LogP contribution in [0.1, 0.15) is 123 Å². The van der Waals surface area contributed by atoms with Gasteiger partial charge in [-0.2, -0.15) is 0 Å². The lowest BCUT2D eigenvalue weighted by Gasteiger charge is -2.14. The highest BCUT2D eigenvalue weighted by Crippen LogP contribution is 2.14. The molecule has 40 heavy (non-hydrogen) atoms. The molecule has 4 nitrogen and oxygen atoms in total. The van der Waals surface area contributed by atoms with Crippen molar-refractivity contribution in [2.24, 2.45) is 0 Å². The van der Waals surface area contributed by atoms with E-state index in [-0.39, 0.29) is 18.5 Å². The molecule has 0 aliphatic carbocycles. The molecule has 0 aromatic rings. The summed E-state index contributed by atoms with van der Waals surface area (Å²) in [5.41, 5.74) is 0. The van der Waals surface area contributed by atoms with Crippen LogP contribution in [0.25, 0.3) is 0 Å². The van der Waals surface area contributed by atoms with E-state index < -0.39 is 5.97 Å². The van der Waals surface area contributed by atoms with Crippen LogP contribution in [0.4, 0.5) is 0 Å². The van der Waals surface area contributed by atoms with Crippen molar-refractivity contribution in [3.8, 4) is 0 Å². The van der Waals surface area contributed by atoms with Gasteiger partial charge in [-0.05, 0) is 76.7 Å². The Kier molecular flexibility index (Phi) is 28.5. The van der Waals surface area contributed by atoms with E-state index in [2.05, 4.69) is 92.8 Å². The second-order valence-corrected chi connectivity index (χ2v) is 9.87. The lowest BCUT2D eigenvalue weighted by atomic mass is 10.1. The van der Waals surface area contributed by atoms with Gasteiger partial charge < -0.3 is 9.84 Å². The number of hydrogen-bond acceptors (Lipinski definition) is 3. The highest BCUT2D eigenvalue weighted by molar-refractivity contribution is 5.69. The van der Waals surface area contributed by atoms with Crippen LogP contribution in [0.5, 0.6) is 0 Å². The van der Waals surface area contributed by atoms with Gasteiger partial charge in [0.15, 0.2) is 0 Å². The Morgan fingerprint density at radius 1 is 0.575 bits per heavy atom. The molecule has 0 spiro atoms. The summed E-state index contributed by atoms with van der Waals surface area (Å²) in [4.78, 5) is 23.1. The molecule has 0 heterocycles. The number of esters is 1. The van der Waals surface area contributed by atoms with Crippen molar-refractivity contribution in [1.82, 2.24) is 0 Å². The first kappa shape index (κ1) is 37.1. The van der Waals surface area contributed by atoms with E-state index in [9.17, 15) is 9.59 Å². The van der Waals surface area contributed by atoms with E-state index in [0.29, 0.717) is 12.8 Å². The van der Waals surface area contributed by atoms with Gasteiger partial charge in [-0.25, -0.2) is 0 Å². The number of allylic oxidation sites excluding steroid dienone is 13. The molecule has 224 valence electrons. The highest BCUT2D eigenvalue weighted by atomic mass is 16.5. The van der Waals surface area contributed by atoms with Crippen molar-refractivity contribution in [3.05, 3.63) is 85.1 Å². The van der Waals surface area contributed by atoms with Gasteiger partial charge in [0, 0.05) is 12.8 Å². The fraction of sp³-hybridized carbons (Fsp3) is 0.556. The Balaban J connectivity index is 4.37. The van der Waals surface area contributed by atoms with Crippen LogP contribution in [-0.4, -0.2) is 23.1 Å². The normalized spacial score (nSPS) is 13.4. The van der Waals surface area contributed by atoms with Gasteiger partial charge in [-0.3, -0.25) is 9.59 Å². The number of rotatable bonds is 26. The van der Waals surface area contributed by atoms with Crippen LogP contribution in [0.15, 0.2) is 85.1 Å². The van der Waals surface area contributed by atoms with Gasteiger partial charge in [-0.1, -0.05) is 119 Å². The first-order valence-corrected chi connectivity index (χ1v) is 15.6. The summed E-state index contributed by atoms with van der Waals surface area (Å²) in [5, 5.41) is 8.73. The Bertz CT molecular complexity index is 811. The average molecular weight is 553 g/mol. The minimum atomic E-state index is -0.717. The van der Waals surface area contributed by atoms with Crippen molar-refractivity contribution in [2.45, 2.75) is 129 Å². The molecule has 0 amide bonds. The van der Waals surface area contributed by atoms with E-state index in [4.69, 9.17) is 9.84 Å². The van der Waals surface area contributed by atoms with Gasteiger partial charge in [0.1, 0.15) is 6.10 Å². The van der Waals surface area contributed by atoms with Gasteiger partial charge in [0.05, 0.1) is 0 Å². The van der Waals surface area contributed by atoms with E-state index in [1.54, 1.807) is 0 Å². The lowest BCUT2D eigenvalue weighted by Crippen LogP contribution is -2.16. The summed E-state index contributed by atoms with van der Waals surface area (Å²) < 4.78 is 5.80. The predicted molar refractivity (Wildman–Crippen MR) is 171 cm³/mol. The molecule has 1 atom stereocenters. The highest BCUT2D eigenvalue weighted by Gasteiger charge is 2.11. The van der Waals surface area contributed by atoms with Gasteiger partial charge in [0.25, 0.3) is 0 Å². The van der Waals surface area contributed by atoms with Gasteiger partial charge >= 0.3 is 11.9 Å². The number of hydrogen-bond donors (Lipinski definition) is 1. The molecular weight excluding hydrogens is 496 g/mol. The lowest BCUT2D eigenvalue weighted by molar-refractivity contribution is -0.147. The maximum atomic E-state index is 12.5. The third-order valence-corrected chi connectivity index (χ3v) is 6.11. The zero-order valence-corrected chi connectivity index (χ0v) is 25.4. The molecule has 0 aromatic carbocycles. The topological polar surface area (TPSA) is 63.6 Å². The molecule has 0 saturated heterocycles. The Labute approximate surface area is 245 Å². The number of ether oxygens (including phenoxy) is 1. The minimum Gasteiger partial charge on any atom is -0.481 e. The zero-order valence-electron chi connectivity index (χ0n) is 25.4. The molecule has 1 unspecified atom stereocenters. The molecule has 0 aliphatic heterocycles. The van der Waals surface area contributed by atoms with Crippen LogP contribution in [0, 0.1) is 0 Å². The zero-order chi connectivity index (χ0) is 29.4. The van der Waals surface area contributed by atoms with E-state index in [0.717, 1.165) is 89.9 Å². The van der Waals surface area contributed by atoms with Crippen molar-refractivity contribution >= 4 is 11.9 Å². The first-order valence-electron chi connectivity index (χ1n) is 15.6. The van der Waals surface area contributed by atoms with Crippen molar-refractivity contribution in [2.75, 3.05) is 0 Å². The summed E-state index contributed by atoms with van der Waals surface area (Å²) in [6.45, 7) is 4.27. The molecule has 4 heteroatoms. The van der Waals surface area contributed by atoms with Gasteiger partial charge in [0.2, 0.25) is 0 Å². The van der Waals surface area contributed by atoms with Crippen molar-refractivity contribution < 1.29 is 19.4 Å². The quantitative estimate of drug-likeness (QED) is 0.0658. The van der Waals surface area contributed by atoms with E-state index in [1.807, 2.05) is 6.08 Å². The second kappa shape index (κ2) is 30.7. The Hall–Kier alpha value is -2.88. The van der Waals surface area contributed by atoms with Crippen molar-refractivity contribution in [3.63, 3.8) is 0 Å². The summed E-state index contributed by atoms with van der Waals surface area (Å²) in [6.07, 6.45) is 44.7. The average Bonchev–Trinajstić information content (AvgIpc) is 2.93. The smallest absolute Gasteiger partial charge is 0.306 e. The number of aliphatic carboxylic acids is 1. The first-order chi connectivity index (χ1) is 19.6. The van der Waals surface area contributed by atoms with Crippen LogP contribution in [0.2, 0.25) is 0 Å². The summed E-state index contributed by atoms with van der Waals surface area (Å²) in [5.74, 6) is -0.864. The van der Waals surface area contributed by atoms with Crippen LogP contribution in [0.3, 0.4) is 0 Å². The Morgan fingerprint density at radius 3 is 1.55 bits per heavy atom. The standard InChI is InChI=1S/C36H56O4/c1-3-5-7-9-11-13-14-15-16-17-19-25-29-33-36(39)40-34(30-26-22-18-12-10-8-6-4-2)31-27-23-20-21-24-28-32-35(37)38/h5-8,11-13,15-16,18-19,25-26,30,34H,3-4,9-10,14,17,20-24,27-29,31-33H2,1-2H3,(H,37,38)/b7-5-,8-6-,13-11-,16-15-,18-12-,25-19-,30-26-. The second-order valence-electron chi connectivity index (χ2n) is 9.87. The SMILES string of the molecule is CC/C=C\C/C=C\C/C=C\C/C=C\CCC(=O)OC(/C=C\C/C=C\C/C=C\CC)CCCCCCCCC(=O)O. The van der Waals surface area contributed by atoms with Crippen LogP contribution >= 0.6 is 0 Å². The predicted octanol–water partition coefficient (Wildman–Crippen LogP) is 10.5. The molecule has 0 saturated carbocycles. The fourth-order valence-corrected chi connectivity index (χ4v) is 3.89. The molecule has 0 rings (SSSR count). The van der Waals surface area contributed by atoms with E-state index in [1.165, 1.54) is 0 Å². The third kappa shape index (κ3) is 29.7. The fourth-order valence-electron chi connectivity index (χ4n) is 3.89. The molecule has 0 radical (unpaired) electrons. The number of carbonyl (C=O) groups excluding carboxylic acids is 1. The van der Waals surface area contributed by atoms with Crippen molar-refractivity contribution in [1.29, 1.82) is 0 Å². The largest absolute Gasteiger partial charge is 0.481 e. The molecule has 1 N–H and O–H groups in total. The number of unbranched alkanes of at least 4 members (excludes halogenated alkanes) is 5. The molecule has 0 aliphatic rings. The summed E-state index contributed by atoms with van der Waals surface area (Å²) >= 11 is 0. The molecule has 0 aromatic heterocycles. The summed E-state index contributed by atoms with van der Waals surface area (Å²) in [7, 11) is 0. The summed E-state index contributed by atoms with van der Waals surface area (Å²) in [6, 6.07) is 0. The maximum Gasteiger partial charge on any atom is 0.306 e. The molecule has 0 fully saturated rings. The molecule has 0 bridgehead atoms. The monoisotopic (exact) mass is 552 g/mol.